The lowest BCUT2D eigenvalue weighted by molar-refractivity contribution is 0.587. The van der Waals surface area contributed by atoms with E-state index >= 15 is 0 Å². The maximum absolute atomic E-state index is 5.51. The molecule has 2 aromatic rings. The highest BCUT2D eigenvalue weighted by Crippen LogP contribution is 2.23. The lowest BCUT2D eigenvalue weighted by Gasteiger charge is -1.93. The van der Waals surface area contributed by atoms with Crippen LogP contribution in [-0.2, 0) is 6.54 Å². The zero-order valence-electron chi connectivity index (χ0n) is 6.38. The Morgan fingerprint density at radius 2 is 2.17 bits per heavy atom. The van der Waals surface area contributed by atoms with E-state index in [2.05, 4.69) is 15.9 Å². The van der Waals surface area contributed by atoms with E-state index in [1.54, 1.807) is 0 Å². The molecule has 0 aliphatic carbocycles. The molecule has 3 heteroatoms. The van der Waals surface area contributed by atoms with E-state index in [1.165, 1.54) is 0 Å². The van der Waals surface area contributed by atoms with Gasteiger partial charge in [0.05, 0.1) is 0 Å². The Morgan fingerprint density at radius 1 is 1.33 bits per heavy atom. The first-order valence-corrected chi connectivity index (χ1v) is 4.47. The molecule has 0 atom stereocenters. The monoisotopic (exact) mass is 225 g/mol. The summed E-state index contributed by atoms with van der Waals surface area (Å²) in [6.45, 7) is 0.568. The average Bonchev–Trinajstić information content (AvgIpc) is 2.43. The molecule has 2 rings (SSSR count). The molecular weight excluding hydrogens is 218 g/mol. The predicted molar refractivity (Wildman–Crippen MR) is 51.8 cm³/mol. The molecule has 0 aliphatic rings. The highest BCUT2D eigenvalue weighted by molar-refractivity contribution is 9.10. The molecule has 2 N–H and O–H groups in total. The van der Waals surface area contributed by atoms with E-state index in [-0.39, 0.29) is 0 Å². The number of hydrogen-bond donors (Lipinski definition) is 1. The third-order valence-corrected chi connectivity index (χ3v) is 2.18. The minimum atomic E-state index is 0.568. The van der Waals surface area contributed by atoms with Gasteiger partial charge in [0, 0.05) is 11.9 Å². The summed E-state index contributed by atoms with van der Waals surface area (Å²) in [5.41, 5.74) is 7.51. The van der Waals surface area contributed by atoms with Gasteiger partial charge in [-0.25, -0.2) is 0 Å². The van der Waals surface area contributed by atoms with Crippen molar-refractivity contribution in [3.05, 3.63) is 34.5 Å². The summed E-state index contributed by atoms with van der Waals surface area (Å²) in [6, 6.07) is 7.87. The predicted octanol–water partition coefficient (Wildman–Crippen LogP) is 2.65. The minimum absolute atomic E-state index is 0.568. The van der Waals surface area contributed by atoms with Crippen LogP contribution in [0.15, 0.2) is 33.4 Å². The summed E-state index contributed by atoms with van der Waals surface area (Å²) in [6.07, 6.45) is 0. The van der Waals surface area contributed by atoms with Gasteiger partial charge in [-0.3, -0.25) is 0 Å². The first-order chi connectivity index (χ1) is 5.79. The molecule has 1 aromatic heterocycles. The molecule has 0 saturated heterocycles. The van der Waals surface area contributed by atoms with Crippen molar-refractivity contribution in [2.75, 3.05) is 0 Å². The quantitative estimate of drug-likeness (QED) is 0.811. The van der Waals surface area contributed by atoms with E-state index in [4.69, 9.17) is 10.2 Å². The van der Waals surface area contributed by atoms with Gasteiger partial charge < -0.3 is 10.2 Å². The van der Waals surface area contributed by atoms with Crippen molar-refractivity contribution in [2.45, 2.75) is 6.54 Å². The van der Waals surface area contributed by atoms with Crippen molar-refractivity contribution in [1.29, 1.82) is 0 Å². The van der Waals surface area contributed by atoms with Crippen LogP contribution >= 0.6 is 15.9 Å². The van der Waals surface area contributed by atoms with Crippen molar-refractivity contribution in [1.82, 2.24) is 0 Å². The molecule has 0 unspecified atom stereocenters. The third-order valence-electron chi connectivity index (χ3n) is 1.79. The molecule has 1 aromatic carbocycles. The number of halogens is 1. The molecule has 0 amide bonds. The maximum atomic E-state index is 5.51. The van der Waals surface area contributed by atoms with Crippen LogP contribution in [0.25, 0.3) is 11.0 Å². The van der Waals surface area contributed by atoms with Crippen LogP contribution in [0.2, 0.25) is 0 Å². The van der Waals surface area contributed by atoms with Crippen molar-refractivity contribution < 1.29 is 4.42 Å². The number of benzene rings is 1. The standard InChI is InChI=1S/C9H8BrNO/c10-9-4-7-3-6(5-11)1-2-8(7)12-9/h1-4H,5,11H2. The molecule has 0 radical (unpaired) electrons. The molecule has 1 heterocycles. The minimum Gasteiger partial charge on any atom is -0.449 e. The van der Waals surface area contributed by atoms with E-state index in [0.29, 0.717) is 6.54 Å². The van der Waals surface area contributed by atoms with Crippen LogP contribution in [0.1, 0.15) is 5.56 Å². The van der Waals surface area contributed by atoms with E-state index in [9.17, 15) is 0 Å². The highest BCUT2D eigenvalue weighted by atomic mass is 79.9. The molecule has 0 saturated carbocycles. The van der Waals surface area contributed by atoms with Crippen molar-refractivity contribution in [3.8, 4) is 0 Å². The zero-order chi connectivity index (χ0) is 8.55. The summed E-state index contributed by atoms with van der Waals surface area (Å²) in [5, 5.41) is 1.09. The fourth-order valence-electron chi connectivity index (χ4n) is 1.19. The van der Waals surface area contributed by atoms with Gasteiger partial charge >= 0.3 is 0 Å². The maximum Gasteiger partial charge on any atom is 0.170 e. The molecule has 0 fully saturated rings. The largest absolute Gasteiger partial charge is 0.449 e. The number of furan rings is 1. The van der Waals surface area contributed by atoms with Gasteiger partial charge in [-0.1, -0.05) is 6.07 Å². The van der Waals surface area contributed by atoms with Crippen molar-refractivity contribution in [2.24, 2.45) is 5.73 Å². The van der Waals surface area contributed by atoms with Crippen molar-refractivity contribution >= 4 is 26.9 Å². The normalized spacial score (nSPS) is 10.8. The Hall–Kier alpha value is -0.800. The molecule has 0 spiro atoms. The van der Waals surface area contributed by atoms with Crippen LogP contribution < -0.4 is 5.73 Å². The number of rotatable bonds is 1. The smallest absolute Gasteiger partial charge is 0.170 e. The van der Waals surface area contributed by atoms with Crippen LogP contribution in [0.5, 0.6) is 0 Å². The van der Waals surface area contributed by atoms with Gasteiger partial charge in [-0.05, 0) is 39.7 Å². The van der Waals surface area contributed by atoms with E-state index < -0.39 is 0 Å². The van der Waals surface area contributed by atoms with Gasteiger partial charge in [-0.15, -0.1) is 0 Å². The second-order valence-corrected chi connectivity index (χ2v) is 3.41. The van der Waals surface area contributed by atoms with Crippen molar-refractivity contribution in [3.63, 3.8) is 0 Å². The first-order valence-electron chi connectivity index (χ1n) is 3.67. The SMILES string of the molecule is NCc1ccc2oc(Br)cc2c1. The molecular formula is C9H8BrNO. The summed E-state index contributed by atoms with van der Waals surface area (Å²) in [5.74, 6) is 0. The lowest BCUT2D eigenvalue weighted by atomic mass is 10.2. The second kappa shape index (κ2) is 2.92. The van der Waals surface area contributed by atoms with Gasteiger partial charge in [0.1, 0.15) is 5.58 Å². The lowest BCUT2D eigenvalue weighted by Crippen LogP contribution is -1.94. The number of fused-ring (bicyclic) bond motifs is 1. The van der Waals surface area contributed by atoms with E-state index in [1.807, 2.05) is 24.3 Å². The summed E-state index contributed by atoms with van der Waals surface area (Å²) < 4.78 is 6.10. The summed E-state index contributed by atoms with van der Waals surface area (Å²) >= 11 is 3.27. The highest BCUT2D eigenvalue weighted by Gasteiger charge is 2.00. The molecule has 0 aliphatic heterocycles. The van der Waals surface area contributed by atoms with Crippen LogP contribution in [0.4, 0.5) is 0 Å². The van der Waals surface area contributed by atoms with Crippen LogP contribution in [0.3, 0.4) is 0 Å². The second-order valence-electron chi connectivity index (χ2n) is 2.63. The van der Waals surface area contributed by atoms with E-state index in [0.717, 1.165) is 21.2 Å². The number of hydrogen-bond acceptors (Lipinski definition) is 2. The van der Waals surface area contributed by atoms with Gasteiger partial charge in [0.15, 0.2) is 4.67 Å². The summed E-state index contributed by atoms with van der Waals surface area (Å²) in [7, 11) is 0. The topological polar surface area (TPSA) is 39.2 Å². The van der Waals surface area contributed by atoms with Gasteiger partial charge in [-0.2, -0.15) is 0 Å². The molecule has 62 valence electrons. The molecule has 12 heavy (non-hydrogen) atoms. The Kier molecular flexibility index (Phi) is 1.90. The molecule has 0 bridgehead atoms. The van der Waals surface area contributed by atoms with Gasteiger partial charge in [0.25, 0.3) is 0 Å². The fraction of sp³-hybridized carbons (Fsp3) is 0.111. The Balaban J connectivity index is 2.66. The summed E-state index contributed by atoms with van der Waals surface area (Å²) in [4.78, 5) is 0. The Labute approximate surface area is 78.5 Å². The molecule has 2 nitrogen and oxygen atoms in total. The Morgan fingerprint density at radius 3 is 2.92 bits per heavy atom. The third kappa shape index (κ3) is 1.26. The zero-order valence-corrected chi connectivity index (χ0v) is 7.97. The number of nitrogens with two attached hydrogens (primary N) is 1. The first kappa shape index (κ1) is 7.83. The Bertz CT molecular complexity index is 408. The average molecular weight is 226 g/mol. The van der Waals surface area contributed by atoms with Crippen LogP contribution in [0, 0.1) is 0 Å². The fourth-order valence-corrected chi connectivity index (χ4v) is 1.61. The van der Waals surface area contributed by atoms with Crippen LogP contribution in [-0.4, -0.2) is 0 Å². The van der Waals surface area contributed by atoms with Gasteiger partial charge in [0.2, 0.25) is 0 Å².